The van der Waals surface area contributed by atoms with Crippen LogP contribution in [0.15, 0.2) is 59.7 Å². The van der Waals surface area contributed by atoms with E-state index in [4.69, 9.17) is 0 Å². The van der Waals surface area contributed by atoms with Crippen LogP contribution in [0.5, 0.6) is 0 Å². The maximum atomic E-state index is 4.52. The largest absolute Gasteiger partial charge is 0.307 e. The van der Waals surface area contributed by atoms with Crippen molar-refractivity contribution in [2.75, 3.05) is 0 Å². The number of benzene rings is 2. The molecule has 2 aromatic carbocycles. The Morgan fingerprint density at radius 3 is 2.47 bits per heavy atom. The number of aryl methyl sites for hydroxylation is 2. The van der Waals surface area contributed by atoms with Crippen molar-refractivity contribution in [3.05, 3.63) is 65.9 Å². The van der Waals surface area contributed by atoms with E-state index in [9.17, 15) is 0 Å². The number of fused-ring (bicyclic) bond motifs is 1. The van der Waals surface area contributed by atoms with Crippen molar-refractivity contribution in [3.63, 3.8) is 0 Å². The van der Waals surface area contributed by atoms with Crippen LogP contribution in [-0.4, -0.2) is 10.9 Å². The first-order valence-corrected chi connectivity index (χ1v) is 6.41. The Labute approximate surface area is 113 Å². The summed E-state index contributed by atoms with van der Waals surface area (Å²) in [6.07, 6.45) is 3.99. The first-order valence-electron chi connectivity index (χ1n) is 6.41. The van der Waals surface area contributed by atoms with Crippen molar-refractivity contribution in [2.45, 2.75) is 13.8 Å². The van der Waals surface area contributed by atoms with Gasteiger partial charge in [0.15, 0.2) is 0 Å². The number of para-hydroxylation sites is 1. The Kier molecular flexibility index (Phi) is 2.92. The first kappa shape index (κ1) is 11.7. The lowest BCUT2D eigenvalue weighted by atomic mass is 10.2. The lowest BCUT2D eigenvalue weighted by molar-refractivity contribution is 1.23. The summed E-state index contributed by atoms with van der Waals surface area (Å²) in [7, 11) is 0. The summed E-state index contributed by atoms with van der Waals surface area (Å²) in [5.74, 6) is 0. The van der Waals surface area contributed by atoms with Crippen LogP contribution < -0.4 is 0 Å². The van der Waals surface area contributed by atoms with E-state index >= 15 is 0 Å². The molecule has 0 radical (unpaired) electrons. The molecule has 0 atom stereocenters. The maximum Gasteiger partial charge on any atom is 0.0998 e. The van der Waals surface area contributed by atoms with E-state index < -0.39 is 0 Å². The van der Waals surface area contributed by atoms with Crippen molar-refractivity contribution in [1.29, 1.82) is 0 Å². The number of hydrogen-bond acceptors (Lipinski definition) is 1. The molecule has 0 aliphatic heterocycles. The van der Waals surface area contributed by atoms with Gasteiger partial charge in [-0.1, -0.05) is 35.9 Å². The minimum absolute atomic E-state index is 0.973. The summed E-state index contributed by atoms with van der Waals surface area (Å²) in [5, 5.41) is 1.28. The van der Waals surface area contributed by atoms with Crippen LogP contribution >= 0.6 is 0 Å². The third-order valence-electron chi connectivity index (χ3n) is 3.30. The van der Waals surface area contributed by atoms with Crippen LogP contribution in [0.4, 0.5) is 5.69 Å². The highest BCUT2D eigenvalue weighted by Crippen LogP contribution is 2.19. The van der Waals surface area contributed by atoms with E-state index in [1.54, 1.807) is 0 Å². The van der Waals surface area contributed by atoms with Crippen LogP contribution in [0.2, 0.25) is 0 Å². The van der Waals surface area contributed by atoms with Crippen molar-refractivity contribution < 1.29 is 0 Å². The van der Waals surface area contributed by atoms with Gasteiger partial charge in [0.05, 0.1) is 17.5 Å². The summed E-state index contributed by atoms with van der Waals surface area (Å²) in [5.41, 5.74) is 4.68. The van der Waals surface area contributed by atoms with Crippen LogP contribution in [0.25, 0.3) is 10.9 Å². The zero-order chi connectivity index (χ0) is 13.2. The van der Waals surface area contributed by atoms with Crippen LogP contribution in [0.3, 0.4) is 0 Å². The number of aromatic nitrogens is 1. The van der Waals surface area contributed by atoms with E-state index in [0.29, 0.717) is 0 Å². The number of rotatable bonds is 2. The lowest BCUT2D eigenvalue weighted by Crippen LogP contribution is -1.91. The molecule has 1 aromatic heterocycles. The van der Waals surface area contributed by atoms with Crippen LogP contribution in [0.1, 0.15) is 11.1 Å². The summed E-state index contributed by atoms with van der Waals surface area (Å²) in [4.78, 5) is 4.52. The van der Waals surface area contributed by atoms with Gasteiger partial charge < -0.3 is 4.57 Å². The van der Waals surface area contributed by atoms with Gasteiger partial charge in [0.2, 0.25) is 0 Å². The van der Waals surface area contributed by atoms with E-state index in [-0.39, 0.29) is 0 Å². The number of hydrogen-bond donors (Lipinski definition) is 0. The molecule has 3 rings (SSSR count). The van der Waals surface area contributed by atoms with E-state index in [2.05, 4.69) is 66.0 Å². The van der Waals surface area contributed by atoms with E-state index in [0.717, 1.165) is 5.69 Å². The smallest absolute Gasteiger partial charge is 0.0998 e. The number of aliphatic imine (C=N–C) groups is 1. The molecule has 0 amide bonds. The molecule has 0 saturated heterocycles. The van der Waals surface area contributed by atoms with Gasteiger partial charge in [0.1, 0.15) is 0 Å². The molecular weight excluding hydrogens is 232 g/mol. The monoisotopic (exact) mass is 248 g/mol. The van der Waals surface area contributed by atoms with Gasteiger partial charge in [-0.2, -0.15) is 0 Å². The van der Waals surface area contributed by atoms with Gasteiger partial charge >= 0.3 is 0 Å². The first-order chi connectivity index (χ1) is 9.24. The van der Waals surface area contributed by atoms with E-state index in [1.807, 2.05) is 18.5 Å². The molecule has 1 heterocycles. The third-order valence-corrected chi connectivity index (χ3v) is 3.30. The van der Waals surface area contributed by atoms with E-state index in [1.165, 1.54) is 22.0 Å². The molecule has 0 spiro atoms. The summed E-state index contributed by atoms with van der Waals surface area (Å²) in [6, 6.07) is 16.6. The normalized spacial score (nSPS) is 11.5. The Morgan fingerprint density at radius 2 is 1.68 bits per heavy atom. The average Bonchev–Trinajstić information content (AvgIpc) is 2.76. The van der Waals surface area contributed by atoms with Crippen LogP contribution in [-0.2, 0) is 0 Å². The molecule has 0 saturated carbocycles. The molecule has 2 nitrogen and oxygen atoms in total. The predicted molar refractivity (Wildman–Crippen MR) is 81.4 cm³/mol. The van der Waals surface area contributed by atoms with Gasteiger partial charge in [-0.15, -0.1) is 0 Å². The Morgan fingerprint density at radius 1 is 0.947 bits per heavy atom. The fourth-order valence-corrected chi connectivity index (χ4v) is 2.24. The SMILES string of the molecule is Cc1ccc(N=Cn2cc(C)c3ccccc32)cc1. The number of nitrogens with zero attached hydrogens (tertiary/aromatic N) is 2. The molecule has 2 heteroatoms. The Balaban J connectivity index is 1.99. The van der Waals surface area contributed by atoms with Gasteiger partial charge in [-0.3, -0.25) is 0 Å². The molecule has 0 fully saturated rings. The Hall–Kier alpha value is -2.35. The summed E-state index contributed by atoms with van der Waals surface area (Å²) >= 11 is 0. The zero-order valence-electron chi connectivity index (χ0n) is 11.2. The molecule has 0 N–H and O–H groups in total. The predicted octanol–water partition coefficient (Wildman–Crippen LogP) is 4.47. The van der Waals surface area contributed by atoms with Crippen molar-refractivity contribution >= 4 is 22.9 Å². The van der Waals surface area contributed by atoms with Gasteiger partial charge in [0.25, 0.3) is 0 Å². The fourth-order valence-electron chi connectivity index (χ4n) is 2.24. The molecule has 19 heavy (non-hydrogen) atoms. The second-order valence-corrected chi connectivity index (χ2v) is 4.82. The molecule has 3 aromatic rings. The van der Waals surface area contributed by atoms with Crippen molar-refractivity contribution in [2.24, 2.45) is 4.99 Å². The zero-order valence-corrected chi connectivity index (χ0v) is 11.2. The maximum absolute atomic E-state index is 4.52. The highest BCUT2D eigenvalue weighted by Gasteiger charge is 2.01. The van der Waals surface area contributed by atoms with Crippen molar-refractivity contribution in [1.82, 2.24) is 4.57 Å². The topological polar surface area (TPSA) is 17.3 Å². The minimum Gasteiger partial charge on any atom is -0.307 e. The molecule has 0 aliphatic carbocycles. The molecule has 0 bridgehead atoms. The van der Waals surface area contributed by atoms with Gasteiger partial charge in [-0.25, -0.2) is 4.99 Å². The van der Waals surface area contributed by atoms with Crippen molar-refractivity contribution in [3.8, 4) is 0 Å². The summed E-state index contributed by atoms with van der Waals surface area (Å²) < 4.78 is 2.07. The molecule has 0 aliphatic rings. The highest BCUT2D eigenvalue weighted by molar-refractivity contribution is 5.89. The molecule has 94 valence electrons. The molecular formula is C17H16N2. The average molecular weight is 248 g/mol. The highest BCUT2D eigenvalue weighted by atomic mass is 15.0. The third kappa shape index (κ3) is 2.29. The quantitative estimate of drug-likeness (QED) is 0.470. The fraction of sp³-hybridized carbons (Fsp3) is 0.118. The standard InChI is InChI=1S/C17H16N2/c1-13-7-9-15(10-8-13)18-12-19-11-14(2)16-5-3-4-6-17(16)19/h3-12H,1-2H3. The van der Waals surface area contributed by atoms with Gasteiger partial charge in [0, 0.05) is 11.6 Å². The van der Waals surface area contributed by atoms with Crippen LogP contribution in [0, 0.1) is 13.8 Å². The van der Waals surface area contributed by atoms with Gasteiger partial charge in [-0.05, 0) is 37.6 Å². The second-order valence-electron chi connectivity index (χ2n) is 4.82. The minimum atomic E-state index is 0.973. The Bertz CT molecular complexity index is 734. The molecule has 0 unspecified atom stereocenters. The second kappa shape index (κ2) is 4.73. The summed E-state index contributed by atoms with van der Waals surface area (Å²) in [6.45, 7) is 4.20. The lowest BCUT2D eigenvalue weighted by Gasteiger charge is -1.98.